The summed E-state index contributed by atoms with van der Waals surface area (Å²) < 4.78 is 37.6. The number of alkyl halides is 3. The molecule has 184 valence electrons. The number of H-pyrrole nitrogens is 1. The van der Waals surface area contributed by atoms with Crippen molar-refractivity contribution >= 4 is 28.2 Å². The van der Waals surface area contributed by atoms with Gasteiger partial charge in [0.2, 0.25) is 0 Å². The van der Waals surface area contributed by atoms with Gasteiger partial charge >= 0.3 is 12.1 Å². The number of hydrazone groups is 1. The van der Waals surface area contributed by atoms with Crippen LogP contribution in [-0.4, -0.2) is 65.1 Å². The summed E-state index contributed by atoms with van der Waals surface area (Å²) in [5.41, 5.74) is 8.62. The van der Waals surface area contributed by atoms with Gasteiger partial charge in [0.05, 0.1) is 11.4 Å². The number of aromatic amines is 1. The summed E-state index contributed by atoms with van der Waals surface area (Å²) in [5.74, 6) is -1.90. The molecule has 3 heterocycles. The van der Waals surface area contributed by atoms with Crippen molar-refractivity contribution in [1.29, 1.82) is 0 Å². The topological polar surface area (TPSA) is 103 Å². The first-order chi connectivity index (χ1) is 16.5. The predicted molar refractivity (Wildman–Crippen MR) is 127 cm³/mol. The largest absolute Gasteiger partial charge is 0.492 e. The van der Waals surface area contributed by atoms with Crippen molar-refractivity contribution in [2.45, 2.75) is 6.18 Å². The fourth-order valence-corrected chi connectivity index (χ4v) is 3.04. The first kappa shape index (κ1) is 25.5. The number of aliphatic carboxylic acids is 1. The molecule has 0 atom stereocenters. The fraction of sp³-hybridized carbons (Fsp3) is 0.208. The van der Waals surface area contributed by atoms with Gasteiger partial charge < -0.3 is 19.7 Å². The summed E-state index contributed by atoms with van der Waals surface area (Å²) in [7, 11) is 4.07. The Bertz CT molecular complexity index is 1260. The molecule has 4 rings (SSSR count). The lowest BCUT2D eigenvalue weighted by molar-refractivity contribution is -0.192. The molecule has 0 saturated carbocycles. The molecule has 35 heavy (non-hydrogen) atoms. The minimum absolute atomic E-state index is 0.656. The number of pyridine rings is 1. The Kier molecular flexibility index (Phi) is 7.92. The molecule has 1 aliphatic heterocycles. The van der Waals surface area contributed by atoms with E-state index in [4.69, 9.17) is 14.6 Å². The number of nitrogens with zero attached hydrogens (tertiary/aromatic N) is 3. The van der Waals surface area contributed by atoms with E-state index < -0.39 is 12.1 Å². The van der Waals surface area contributed by atoms with Crippen molar-refractivity contribution in [3.63, 3.8) is 0 Å². The van der Waals surface area contributed by atoms with Gasteiger partial charge in [0.15, 0.2) is 0 Å². The van der Waals surface area contributed by atoms with E-state index in [-0.39, 0.29) is 0 Å². The van der Waals surface area contributed by atoms with E-state index in [1.165, 1.54) is 0 Å². The number of hydrogen-bond acceptors (Lipinski definition) is 6. The van der Waals surface area contributed by atoms with Crippen molar-refractivity contribution < 1.29 is 27.8 Å². The highest BCUT2D eigenvalue weighted by molar-refractivity contribution is 6.14. The number of allylic oxidation sites excluding steroid dienone is 2. The first-order valence-corrected chi connectivity index (χ1v) is 10.4. The molecule has 8 nitrogen and oxygen atoms in total. The van der Waals surface area contributed by atoms with Gasteiger partial charge in [0.25, 0.3) is 0 Å². The quantitative estimate of drug-likeness (QED) is 0.485. The highest BCUT2D eigenvalue weighted by Crippen LogP contribution is 2.29. The standard InChI is InChI=1S/C22H23N5O.C2HF3O2/c1-15-19(14-21(26-25-15)16-6-8-23-9-7-16)22-12-17-4-5-18(13-20(17)24-22)28-11-10-27(2)3;3-2(4,5)1(6)7/h4-9,12-14,24-25H,1,10-11H2,2-3H3;(H,6,7). The zero-order valence-corrected chi connectivity index (χ0v) is 19.1. The van der Waals surface area contributed by atoms with Gasteiger partial charge in [-0.25, -0.2) is 4.79 Å². The van der Waals surface area contributed by atoms with Crippen LogP contribution in [0.5, 0.6) is 5.75 Å². The Labute approximate surface area is 199 Å². The molecule has 3 N–H and O–H groups in total. The number of carboxylic acids is 1. The van der Waals surface area contributed by atoms with Gasteiger partial charge in [0, 0.05) is 52.7 Å². The Balaban J connectivity index is 0.000000429. The highest BCUT2D eigenvalue weighted by Gasteiger charge is 2.38. The molecule has 2 aromatic heterocycles. The van der Waals surface area contributed by atoms with Gasteiger partial charge in [-0.2, -0.15) is 18.3 Å². The van der Waals surface area contributed by atoms with Crippen LogP contribution in [0.3, 0.4) is 0 Å². The van der Waals surface area contributed by atoms with Crippen LogP contribution in [0.1, 0.15) is 11.3 Å². The number of carboxylic acid groups (broad SMARTS) is 1. The number of hydrogen-bond donors (Lipinski definition) is 3. The summed E-state index contributed by atoms with van der Waals surface area (Å²) in [6, 6.07) is 12.1. The average Bonchev–Trinajstić information content (AvgIpc) is 3.23. The first-order valence-electron chi connectivity index (χ1n) is 10.4. The molecule has 0 bridgehead atoms. The molecule has 11 heteroatoms. The smallest absolute Gasteiger partial charge is 0.490 e. The number of halogens is 3. The van der Waals surface area contributed by atoms with E-state index in [1.807, 2.05) is 44.4 Å². The van der Waals surface area contributed by atoms with Crippen molar-refractivity contribution in [3.8, 4) is 5.75 Å². The summed E-state index contributed by atoms with van der Waals surface area (Å²) in [4.78, 5) is 18.5. The van der Waals surface area contributed by atoms with Crippen LogP contribution in [0.15, 0.2) is 72.2 Å². The molecule has 0 radical (unpaired) electrons. The van der Waals surface area contributed by atoms with Crippen molar-refractivity contribution in [2.75, 3.05) is 27.2 Å². The van der Waals surface area contributed by atoms with Crippen molar-refractivity contribution in [2.24, 2.45) is 5.10 Å². The van der Waals surface area contributed by atoms with E-state index in [2.05, 4.69) is 44.1 Å². The Morgan fingerprint density at radius 1 is 1.17 bits per heavy atom. The lowest BCUT2D eigenvalue weighted by Gasteiger charge is -2.16. The second-order valence-corrected chi connectivity index (χ2v) is 7.77. The Morgan fingerprint density at radius 3 is 2.49 bits per heavy atom. The third-order valence-electron chi connectivity index (χ3n) is 4.83. The number of likely N-dealkylation sites (N-methyl/N-ethyl adjacent to an activating group) is 1. The molecule has 0 aliphatic carbocycles. The fourth-order valence-electron chi connectivity index (χ4n) is 3.04. The molecule has 0 fully saturated rings. The number of carbonyl (C=O) groups is 1. The maximum atomic E-state index is 10.6. The van der Waals surface area contributed by atoms with Gasteiger partial charge in [-0.1, -0.05) is 6.58 Å². The number of benzene rings is 1. The highest BCUT2D eigenvalue weighted by atomic mass is 19.4. The average molecular weight is 487 g/mol. The van der Waals surface area contributed by atoms with Gasteiger partial charge in [-0.3, -0.25) is 10.4 Å². The second kappa shape index (κ2) is 10.9. The van der Waals surface area contributed by atoms with Crippen LogP contribution in [0.25, 0.3) is 16.5 Å². The second-order valence-electron chi connectivity index (χ2n) is 7.77. The minimum Gasteiger partial charge on any atom is -0.492 e. The van der Waals surface area contributed by atoms with Gasteiger partial charge in [-0.05, 0) is 50.5 Å². The van der Waals surface area contributed by atoms with E-state index in [9.17, 15) is 13.2 Å². The molecular formula is C24H24F3N5O3. The monoisotopic (exact) mass is 487 g/mol. The molecule has 0 spiro atoms. The van der Waals surface area contributed by atoms with Crippen LogP contribution < -0.4 is 10.2 Å². The number of rotatable bonds is 6. The van der Waals surface area contributed by atoms with Gasteiger partial charge in [-0.15, -0.1) is 0 Å². The third-order valence-corrected chi connectivity index (χ3v) is 4.83. The van der Waals surface area contributed by atoms with E-state index in [1.54, 1.807) is 12.4 Å². The van der Waals surface area contributed by atoms with Gasteiger partial charge in [0.1, 0.15) is 12.4 Å². The maximum absolute atomic E-state index is 10.6. The van der Waals surface area contributed by atoms with E-state index in [0.717, 1.165) is 51.4 Å². The SMILES string of the molecule is C=C1NN=C(c2ccncc2)C=C1c1cc2ccc(OCCN(C)C)cc2[nH]1.O=C(O)C(F)(F)F. The molecule has 1 aromatic carbocycles. The lowest BCUT2D eigenvalue weighted by atomic mass is 10.0. The summed E-state index contributed by atoms with van der Waals surface area (Å²) in [6.07, 6.45) is 0.471. The zero-order valence-electron chi connectivity index (χ0n) is 19.1. The molecule has 0 saturated heterocycles. The molecule has 3 aromatic rings. The van der Waals surface area contributed by atoms with Crippen LogP contribution >= 0.6 is 0 Å². The van der Waals surface area contributed by atoms with Crippen LogP contribution in [-0.2, 0) is 4.79 Å². The summed E-state index contributed by atoms with van der Waals surface area (Å²) in [6.45, 7) is 5.63. The minimum atomic E-state index is -5.08. The normalized spacial score (nSPS) is 13.5. The van der Waals surface area contributed by atoms with E-state index >= 15 is 0 Å². The Morgan fingerprint density at radius 2 is 1.86 bits per heavy atom. The predicted octanol–water partition coefficient (Wildman–Crippen LogP) is 4.04. The third kappa shape index (κ3) is 6.93. The summed E-state index contributed by atoms with van der Waals surface area (Å²) in [5, 5.41) is 12.6. The Hall–Kier alpha value is -4.12. The van der Waals surface area contributed by atoms with Crippen molar-refractivity contribution in [3.05, 3.63) is 78.4 Å². The van der Waals surface area contributed by atoms with Crippen LogP contribution in [0, 0.1) is 0 Å². The maximum Gasteiger partial charge on any atom is 0.490 e. The molecular weight excluding hydrogens is 463 g/mol. The number of aromatic nitrogens is 2. The van der Waals surface area contributed by atoms with Crippen LogP contribution in [0.2, 0.25) is 0 Å². The zero-order chi connectivity index (χ0) is 25.6. The number of nitrogens with one attached hydrogen (secondary N) is 2. The molecule has 0 unspecified atom stereocenters. The lowest BCUT2D eigenvalue weighted by Crippen LogP contribution is -2.21. The van der Waals surface area contributed by atoms with E-state index in [0.29, 0.717) is 6.61 Å². The van der Waals surface area contributed by atoms with Crippen molar-refractivity contribution in [1.82, 2.24) is 20.3 Å². The summed E-state index contributed by atoms with van der Waals surface area (Å²) >= 11 is 0. The number of ether oxygens (including phenoxy) is 1. The molecule has 1 aliphatic rings. The van der Waals surface area contributed by atoms with Crippen LogP contribution in [0.4, 0.5) is 13.2 Å². The molecule has 0 amide bonds. The number of fused-ring (bicyclic) bond motifs is 1.